The molecule has 142 valence electrons. The van der Waals surface area contributed by atoms with Crippen molar-refractivity contribution in [3.63, 3.8) is 0 Å². The van der Waals surface area contributed by atoms with Crippen molar-refractivity contribution in [1.29, 1.82) is 0 Å². The Hall–Kier alpha value is -2.96. The summed E-state index contributed by atoms with van der Waals surface area (Å²) < 4.78 is 16.8. The Balaban J connectivity index is 1.56. The van der Waals surface area contributed by atoms with Crippen LogP contribution >= 0.6 is 0 Å². The van der Waals surface area contributed by atoms with Crippen LogP contribution in [0.4, 0.5) is 4.39 Å². The molecule has 7 heteroatoms. The van der Waals surface area contributed by atoms with E-state index in [0.29, 0.717) is 6.54 Å². The average Bonchev–Trinajstić information content (AvgIpc) is 3.17. The molecule has 2 heterocycles. The van der Waals surface area contributed by atoms with Crippen LogP contribution in [0.15, 0.2) is 36.7 Å². The van der Waals surface area contributed by atoms with E-state index in [9.17, 15) is 9.18 Å². The first-order valence-corrected chi connectivity index (χ1v) is 9.01. The summed E-state index contributed by atoms with van der Waals surface area (Å²) in [6.07, 6.45) is 4.90. The number of aromatic nitrogens is 4. The Labute approximate surface area is 158 Å². The highest BCUT2D eigenvalue weighted by molar-refractivity contribution is 5.79. The third kappa shape index (κ3) is 4.61. The molecule has 0 aliphatic carbocycles. The van der Waals surface area contributed by atoms with Gasteiger partial charge in [-0.1, -0.05) is 0 Å². The Kier molecular flexibility index (Phi) is 5.69. The second kappa shape index (κ2) is 8.16. The van der Waals surface area contributed by atoms with Crippen molar-refractivity contribution < 1.29 is 9.18 Å². The molecule has 0 saturated heterocycles. The van der Waals surface area contributed by atoms with Crippen molar-refractivity contribution in [3.8, 4) is 5.69 Å². The summed E-state index contributed by atoms with van der Waals surface area (Å²) in [7, 11) is 0. The third-order valence-corrected chi connectivity index (χ3v) is 4.50. The monoisotopic (exact) mass is 369 g/mol. The summed E-state index contributed by atoms with van der Waals surface area (Å²) in [5.74, 6) is -0.318. The van der Waals surface area contributed by atoms with Gasteiger partial charge >= 0.3 is 0 Å². The highest BCUT2D eigenvalue weighted by atomic mass is 19.1. The van der Waals surface area contributed by atoms with E-state index in [2.05, 4.69) is 15.5 Å². The minimum atomic E-state index is -0.287. The molecule has 0 unspecified atom stereocenters. The summed E-state index contributed by atoms with van der Waals surface area (Å²) in [4.78, 5) is 12.3. The average molecular weight is 369 g/mol. The molecule has 0 aliphatic rings. The van der Waals surface area contributed by atoms with Gasteiger partial charge in [0.1, 0.15) is 5.82 Å². The minimum absolute atomic E-state index is 0.0310. The van der Waals surface area contributed by atoms with Crippen molar-refractivity contribution in [2.75, 3.05) is 6.54 Å². The van der Waals surface area contributed by atoms with Gasteiger partial charge in [-0.2, -0.15) is 10.2 Å². The first-order chi connectivity index (χ1) is 12.9. The van der Waals surface area contributed by atoms with E-state index in [4.69, 9.17) is 0 Å². The maximum Gasteiger partial charge on any atom is 0.224 e. The summed E-state index contributed by atoms with van der Waals surface area (Å²) in [5, 5.41) is 11.7. The van der Waals surface area contributed by atoms with E-state index < -0.39 is 0 Å². The van der Waals surface area contributed by atoms with E-state index in [-0.39, 0.29) is 18.1 Å². The molecule has 1 N–H and O–H groups in total. The van der Waals surface area contributed by atoms with Crippen molar-refractivity contribution in [2.45, 2.75) is 40.2 Å². The molecule has 0 bridgehead atoms. The number of nitrogens with one attached hydrogen (secondary N) is 1. The van der Waals surface area contributed by atoms with E-state index in [1.807, 2.05) is 37.8 Å². The zero-order chi connectivity index (χ0) is 19.4. The standard InChI is InChI=1S/C20H24FN5O/c1-14-12-23-25(13-14)10-4-9-22-20(27)11-19-15(2)24-26(16(19)3)18-7-5-17(21)6-8-18/h5-8,12-13H,4,9-11H2,1-3H3,(H,22,27). The number of carbonyl (C=O) groups excluding carboxylic acids is 1. The highest BCUT2D eigenvalue weighted by Gasteiger charge is 2.15. The molecule has 0 atom stereocenters. The molecular formula is C20H24FN5O. The maximum absolute atomic E-state index is 13.1. The minimum Gasteiger partial charge on any atom is -0.356 e. The fourth-order valence-electron chi connectivity index (χ4n) is 3.05. The Morgan fingerprint density at radius 1 is 1.19 bits per heavy atom. The normalized spacial score (nSPS) is 11.0. The Morgan fingerprint density at radius 2 is 1.93 bits per heavy atom. The number of halogens is 1. The van der Waals surface area contributed by atoms with Crippen LogP contribution in [0.5, 0.6) is 0 Å². The molecule has 2 aromatic heterocycles. The summed E-state index contributed by atoms with van der Waals surface area (Å²) in [6.45, 7) is 7.18. The molecule has 1 aromatic carbocycles. The number of nitrogens with zero attached hydrogens (tertiary/aromatic N) is 4. The quantitative estimate of drug-likeness (QED) is 0.652. The molecule has 1 amide bonds. The first kappa shape index (κ1) is 18.8. The lowest BCUT2D eigenvalue weighted by Crippen LogP contribution is -2.27. The molecule has 0 radical (unpaired) electrons. The zero-order valence-electron chi connectivity index (χ0n) is 15.9. The van der Waals surface area contributed by atoms with Gasteiger partial charge in [0.15, 0.2) is 0 Å². The van der Waals surface area contributed by atoms with Gasteiger partial charge in [-0.25, -0.2) is 9.07 Å². The molecule has 0 saturated carbocycles. The molecule has 27 heavy (non-hydrogen) atoms. The maximum atomic E-state index is 13.1. The van der Waals surface area contributed by atoms with E-state index >= 15 is 0 Å². The van der Waals surface area contributed by atoms with E-state index in [0.717, 1.165) is 41.2 Å². The molecular weight excluding hydrogens is 345 g/mol. The number of benzene rings is 1. The summed E-state index contributed by atoms with van der Waals surface area (Å²) in [6, 6.07) is 6.16. The van der Waals surface area contributed by atoms with Crippen LogP contribution in [-0.4, -0.2) is 32.0 Å². The van der Waals surface area contributed by atoms with Crippen LogP contribution in [0.3, 0.4) is 0 Å². The van der Waals surface area contributed by atoms with Gasteiger partial charge in [-0.15, -0.1) is 0 Å². The molecule has 0 fully saturated rings. The van der Waals surface area contributed by atoms with Gasteiger partial charge in [0.2, 0.25) is 5.91 Å². The highest BCUT2D eigenvalue weighted by Crippen LogP contribution is 2.18. The van der Waals surface area contributed by atoms with Crippen LogP contribution in [0.25, 0.3) is 5.69 Å². The number of carbonyl (C=O) groups is 1. The van der Waals surface area contributed by atoms with Crippen LogP contribution < -0.4 is 5.32 Å². The predicted octanol–water partition coefficient (Wildman–Crippen LogP) is 2.88. The second-order valence-corrected chi connectivity index (χ2v) is 6.70. The van der Waals surface area contributed by atoms with Crippen LogP contribution in [0.1, 0.15) is 28.9 Å². The lowest BCUT2D eigenvalue weighted by molar-refractivity contribution is -0.120. The van der Waals surface area contributed by atoms with Gasteiger partial charge in [0.05, 0.1) is 24.0 Å². The van der Waals surface area contributed by atoms with Crippen molar-refractivity contribution in [2.24, 2.45) is 0 Å². The number of rotatable bonds is 7. The SMILES string of the molecule is Cc1cnn(CCCNC(=O)Cc2c(C)nn(-c3ccc(F)cc3)c2C)c1. The summed E-state index contributed by atoms with van der Waals surface area (Å²) >= 11 is 0. The largest absolute Gasteiger partial charge is 0.356 e. The molecule has 0 spiro atoms. The smallest absolute Gasteiger partial charge is 0.224 e. The molecule has 6 nitrogen and oxygen atoms in total. The topological polar surface area (TPSA) is 64.7 Å². The van der Waals surface area contributed by atoms with Gasteiger partial charge in [-0.05, 0) is 57.0 Å². The number of aryl methyl sites for hydroxylation is 3. The second-order valence-electron chi connectivity index (χ2n) is 6.70. The lowest BCUT2D eigenvalue weighted by atomic mass is 10.1. The lowest BCUT2D eigenvalue weighted by Gasteiger charge is -2.07. The first-order valence-electron chi connectivity index (χ1n) is 9.01. The van der Waals surface area contributed by atoms with Crippen molar-refractivity contribution >= 4 is 5.91 Å². The summed E-state index contributed by atoms with van der Waals surface area (Å²) in [5.41, 5.74) is 4.50. The number of hydrogen-bond donors (Lipinski definition) is 1. The zero-order valence-corrected chi connectivity index (χ0v) is 15.9. The third-order valence-electron chi connectivity index (χ3n) is 4.50. The molecule has 3 rings (SSSR count). The predicted molar refractivity (Wildman–Crippen MR) is 101 cm³/mol. The van der Waals surface area contributed by atoms with Gasteiger partial charge < -0.3 is 5.32 Å². The van der Waals surface area contributed by atoms with Crippen molar-refractivity contribution in [3.05, 3.63) is 65.0 Å². The van der Waals surface area contributed by atoms with E-state index in [1.54, 1.807) is 16.8 Å². The molecule has 0 aliphatic heterocycles. The van der Waals surface area contributed by atoms with Crippen LogP contribution in [-0.2, 0) is 17.8 Å². The van der Waals surface area contributed by atoms with Crippen LogP contribution in [0.2, 0.25) is 0 Å². The molecule has 3 aromatic rings. The van der Waals surface area contributed by atoms with Crippen LogP contribution in [0, 0.1) is 26.6 Å². The van der Waals surface area contributed by atoms with Crippen molar-refractivity contribution in [1.82, 2.24) is 24.9 Å². The van der Waals surface area contributed by atoms with Gasteiger partial charge in [0.25, 0.3) is 0 Å². The van der Waals surface area contributed by atoms with E-state index in [1.165, 1.54) is 12.1 Å². The fourth-order valence-corrected chi connectivity index (χ4v) is 3.05. The Bertz CT molecular complexity index is 927. The number of hydrogen-bond acceptors (Lipinski definition) is 3. The number of amides is 1. The van der Waals surface area contributed by atoms with Gasteiger partial charge in [-0.3, -0.25) is 9.48 Å². The Morgan fingerprint density at radius 3 is 2.59 bits per heavy atom. The fraction of sp³-hybridized carbons (Fsp3) is 0.350. The van der Waals surface area contributed by atoms with Gasteiger partial charge in [0, 0.05) is 30.5 Å².